The van der Waals surface area contributed by atoms with Crippen LogP contribution in [-0.2, 0) is 4.74 Å². The van der Waals surface area contributed by atoms with Gasteiger partial charge in [0.15, 0.2) is 0 Å². The Bertz CT molecular complexity index is 282. The summed E-state index contributed by atoms with van der Waals surface area (Å²) in [6.07, 6.45) is 1.13. The molecule has 2 aliphatic heterocycles. The van der Waals surface area contributed by atoms with Crippen molar-refractivity contribution in [1.29, 1.82) is 5.26 Å². The molecule has 90 valence electrons. The first-order valence-corrected chi connectivity index (χ1v) is 6.16. The van der Waals surface area contributed by atoms with E-state index in [1.54, 1.807) is 0 Å². The fourth-order valence-corrected chi connectivity index (χ4v) is 3.14. The molecule has 2 heterocycles. The van der Waals surface area contributed by atoms with Crippen molar-refractivity contribution in [2.45, 2.75) is 13.3 Å². The minimum atomic E-state index is 0.117. The number of likely N-dealkylation sites (tertiary alicyclic amines) is 1. The highest BCUT2D eigenvalue weighted by atomic mass is 16.5. The van der Waals surface area contributed by atoms with Crippen molar-refractivity contribution in [3.05, 3.63) is 0 Å². The monoisotopic (exact) mass is 223 g/mol. The third-order valence-corrected chi connectivity index (χ3v) is 4.26. The van der Waals surface area contributed by atoms with Gasteiger partial charge in [0.05, 0.1) is 25.2 Å². The van der Waals surface area contributed by atoms with Crippen LogP contribution >= 0.6 is 0 Å². The van der Waals surface area contributed by atoms with E-state index in [1.807, 2.05) is 0 Å². The molecular formula is C12H21N3O. The Kier molecular flexibility index (Phi) is 3.48. The summed E-state index contributed by atoms with van der Waals surface area (Å²) in [5.74, 6) is 0.706. The predicted molar refractivity (Wildman–Crippen MR) is 61.6 cm³/mol. The molecule has 2 atom stereocenters. The average molecular weight is 223 g/mol. The Balaban J connectivity index is 2.12. The van der Waals surface area contributed by atoms with Crippen molar-refractivity contribution in [2.75, 3.05) is 39.4 Å². The quantitative estimate of drug-likeness (QED) is 0.754. The Morgan fingerprint density at radius 1 is 1.50 bits per heavy atom. The largest absolute Gasteiger partial charge is 0.380 e. The molecule has 0 aromatic heterocycles. The van der Waals surface area contributed by atoms with E-state index >= 15 is 0 Å². The van der Waals surface area contributed by atoms with E-state index in [0.717, 1.165) is 39.3 Å². The lowest BCUT2D eigenvalue weighted by atomic mass is 9.62. The zero-order valence-corrected chi connectivity index (χ0v) is 9.98. The van der Waals surface area contributed by atoms with E-state index in [9.17, 15) is 5.26 Å². The van der Waals surface area contributed by atoms with Gasteiger partial charge in [-0.05, 0) is 5.92 Å². The molecule has 2 rings (SSSR count). The molecule has 0 amide bonds. The van der Waals surface area contributed by atoms with E-state index in [-0.39, 0.29) is 11.3 Å². The van der Waals surface area contributed by atoms with Gasteiger partial charge in [0.2, 0.25) is 0 Å². The molecular weight excluding hydrogens is 202 g/mol. The van der Waals surface area contributed by atoms with Crippen LogP contribution < -0.4 is 5.73 Å². The number of hydrogen-bond donors (Lipinski definition) is 1. The Morgan fingerprint density at radius 3 is 2.69 bits per heavy atom. The van der Waals surface area contributed by atoms with Gasteiger partial charge in [0, 0.05) is 31.6 Å². The van der Waals surface area contributed by atoms with Crippen molar-refractivity contribution in [2.24, 2.45) is 23.0 Å². The first-order chi connectivity index (χ1) is 7.76. The summed E-state index contributed by atoms with van der Waals surface area (Å²) >= 11 is 0. The molecule has 0 aromatic carbocycles. The van der Waals surface area contributed by atoms with Gasteiger partial charge in [-0.25, -0.2) is 0 Å². The van der Waals surface area contributed by atoms with Crippen LogP contribution in [-0.4, -0.2) is 44.3 Å². The first-order valence-electron chi connectivity index (χ1n) is 6.16. The second-order valence-corrected chi connectivity index (χ2v) is 5.06. The number of nitrogens with zero attached hydrogens (tertiary/aromatic N) is 2. The highest BCUT2D eigenvalue weighted by Crippen LogP contribution is 2.47. The summed E-state index contributed by atoms with van der Waals surface area (Å²) < 4.78 is 5.38. The molecule has 0 aliphatic carbocycles. The molecule has 2 fully saturated rings. The molecule has 4 heteroatoms. The third kappa shape index (κ3) is 1.73. The fourth-order valence-electron chi connectivity index (χ4n) is 3.14. The Morgan fingerprint density at radius 2 is 2.25 bits per heavy atom. The summed E-state index contributed by atoms with van der Waals surface area (Å²) in [4.78, 5) is 2.34. The lowest BCUT2D eigenvalue weighted by Crippen LogP contribution is -2.62. The van der Waals surface area contributed by atoms with Gasteiger partial charge < -0.3 is 15.4 Å². The summed E-state index contributed by atoms with van der Waals surface area (Å²) in [5.41, 5.74) is 5.75. The second kappa shape index (κ2) is 4.70. The van der Waals surface area contributed by atoms with E-state index in [2.05, 4.69) is 17.9 Å². The lowest BCUT2D eigenvalue weighted by molar-refractivity contribution is -0.191. The number of nitrogens with two attached hydrogens (primary N) is 1. The SMILES string of the molecule is CCC1CN(CCN)CC(C#N)C12COC2. The van der Waals surface area contributed by atoms with E-state index in [0.29, 0.717) is 12.5 Å². The van der Waals surface area contributed by atoms with Crippen LogP contribution in [0, 0.1) is 28.6 Å². The molecule has 2 N–H and O–H groups in total. The molecule has 0 bridgehead atoms. The number of rotatable bonds is 3. The minimum Gasteiger partial charge on any atom is -0.380 e. The van der Waals surface area contributed by atoms with Gasteiger partial charge in [-0.2, -0.15) is 5.26 Å². The van der Waals surface area contributed by atoms with Crippen molar-refractivity contribution < 1.29 is 4.74 Å². The van der Waals surface area contributed by atoms with Crippen LogP contribution in [0.5, 0.6) is 0 Å². The Labute approximate surface area is 97.3 Å². The van der Waals surface area contributed by atoms with Crippen molar-refractivity contribution in [3.63, 3.8) is 0 Å². The van der Waals surface area contributed by atoms with Gasteiger partial charge in [0.25, 0.3) is 0 Å². The topological polar surface area (TPSA) is 62.3 Å². The minimum absolute atomic E-state index is 0.117. The molecule has 0 aromatic rings. The smallest absolute Gasteiger partial charge is 0.0694 e. The van der Waals surface area contributed by atoms with E-state index in [1.165, 1.54) is 0 Å². The van der Waals surface area contributed by atoms with Gasteiger partial charge in [-0.1, -0.05) is 13.3 Å². The summed E-state index contributed by atoms with van der Waals surface area (Å²) in [6.45, 7) is 7.30. The number of ether oxygens (including phenoxy) is 1. The normalized spacial score (nSPS) is 33.3. The number of hydrogen-bond acceptors (Lipinski definition) is 4. The maximum Gasteiger partial charge on any atom is 0.0694 e. The highest BCUT2D eigenvalue weighted by molar-refractivity contribution is 5.09. The highest BCUT2D eigenvalue weighted by Gasteiger charge is 2.54. The van der Waals surface area contributed by atoms with Crippen LogP contribution in [0.25, 0.3) is 0 Å². The summed E-state index contributed by atoms with van der Waals surface area (Å²) in [5, 5.41) is 9.33. The zero-order valence-electron chi connectivity index (χ0n) is 9.98. The lowest BCUT2D eigenvalue weighted by Gasteiger charge is -2.55. The number of piperidine rings is 1. The Hall–Kier alpha value is -0.630. The molecule has 0 saturated carbocycles. The van der Waals surface area contributed by atoms with E-state index in [4.69, 9.17) is 10.5 Å². The second-order valence-electron chi connectivity index (χ2n) is 5.06. The molecule has 2 saturated heterocycles. The molecule has 4 nitrogen and oxygen atoms in total. The third-order valence-electron chi connectivity index (χ3n) is 4.26. The van der Waals surface area contributed by atoms with Gasteiger partial charge in [-0.15, -0.1) is 0 Å². The molecule has 0 radical (unpaired) electrons. The summed E-state index contributed by atoms with van der Waals surface area (Å²) in [6, 6.07) is 2.49. The van der Waals surface area contributed by atoms with Gasteiger partial charge in [0.1, 0.15) is 0 Å². The van der Waals surface area contributed by atoms with Crippen molar-refractivity contribution >= 4 is 0 Å². The van der Waals surface area contributed by atoms with Crippen LogP contribution in [0.15, 0.2) is 0 Å². The molecule has 16 heavy (non-hydrogen) atoms. The maximum atomic E-state index is 9.33. The van der Waals surface area contributed by atoms with Crippen LogP contribution in [0.1, 0.15) is 13.3 Å². The van der Waals surface area contributed by atoms with Crippen LogP contribution in [0.4, 0.5) is 0 Å². The predicted octanol–water partition coefficient (Wildman–Crippen LogP) is 0.443. The fraction of sp³-hybridized carbons (Fsp3) is 0.917. The van der Waals surface area contributed by atoms with E-state index < -0.39 is 0 Å². The molecule has 2 unspecified atom stereocenters. The van der Waals surface area contributed by atoms with Gasteiger partial charge >= 0.3 is 0 Å². The van der Waals surface area contributed by atoms with Crippen molar-refractivity contribution in [1.82, 2.24) is 4.90 Å². The molecule has 1 spiro atoms. The first kappa shape index (κ1) is 11.8. The standard InChI is InChI=1S/C12H21N3O/c1-2-10-6-15(4-3-13)7-11(5-14)12(10)8-16-9-12/h10-11H,2-4,6-9,13H2,1H3. The van der Waals surface area contributed by atoms with Crippen LogP contribution in [0.3, 0.4) is 0 Å². The van der Waals surface area contributed by atoms with Crippen LogP contribution in [0.2, 0.25) is 0 Å². The molecule has 2 aliphatic rings. The maximum absolute atomic E-state index is 9.33. The average Bonchev–Trinajstić information content (AvgIpc) is 2.25. The van der Waals surface area contributed by atoms with Crippen molar-refractivity contribution in [3.8, 4) is 6.07 Å². The number of nitriles is 1. The summed E-state index contributed by atoms with van der Waals surface area (Å²) in [7, 11) is 0. The van der Waals surface area contributed by atoms with Gasteiger partial charge in [-0.3, -0.25) is 0 Å². The zero-order chi connectivity index (χ0) is 11.6.